The van der Waals surface area contributed by atoms with Crippen LogP contribution >= 0.6 is 0 Å². The van der Waals surface area contributed by atoms with E-state index in [0.717, 1.165) is 17.5 Å². The van der Waals surface area contributed by atoms with Crippen LogP contribution in [0, 0.1) is 13.8 Å². The van der Waals surface area contributed by atoms with Gasteiger partial charge in [-0.1, -0.05) is 23.8 Å². The Morgan fingerprint density at radius 1 is 1.00 bits per heavy atom. The predicted octanol–water partition coefficient (Wildman–Crippen LogP) is 2.56. The van der Waals surface area contributed by atoms with Gasteiger partial charge in [0.2, 0.25) is 5.91 Å². The summed E-state index contributed by atoms with van der Waals surface area (Å²) < 4.78 is 1.88. The number of carbonyl (C=O) groups excluding carboxylic acids is 2. The van der Waals surface area contributed by atoms with Crippen molar-refractivity contribution in [1.82, 2.24) is 14.4 Å². The first-order valence-electron chi connectivity index (χ1n) is 9.19. The quantitative estimate of drug-likeness (QED) is 0.851. The Morgan fingerprint density at radius 2 is 1.73 bits per heavy atom. The van der Waals surface area contributed by atoms with Gasteiger partial charge in [0.25, 0.3) is 5.91 Å². The van der Waals surface area contributed by atoms with E-state index in [-0.39, 0.29) is 11.8 Å². The minimum atomic E-state index is 0.0503. The second kappa shape index (κ2) is 7.77. The lowest BCUT2D eigenvalue weighted by molar-refractivity contribution is -0.130. The number of aryl methyl sites for hydroxylation is 3. The molecule has 138 valence electrons. The molecule has 1 saturated heterocycles. The van der Waals surface area contributed by atoms with Crippen molar-refractivity contribution in [2.45, 2.75) is 26.7 Å². The summed E-state index contributed by atoms with van der Waals surface area (Å²) in [5.74, 6) is 0.195. The monoisotopic (exact) mass is 353 g/mol. The molecule has 1 aromatic heterocycles. The highest BCUT2D eigenvalue weighted by molar-refractivity contribution is 5.94. The van der Waals surface area contributed by atoms with E-state index in [4.69, 9.17) is 0 Å². The number of hydrogen-bond acceptors (Lipinski definition) is 2. The number of amides is 2. The third kappa shape index (κ3) is 4.15. The minimum Gasteiger partial charge on any atom is -0.356 e. The molecule has 1 aliphatic rings. The number of nitrogens with zero attached hydrogens (tertiary/aromatic N) is 3. The van der Waals surface area contributed by atoms with Crippen molar-refractivity contribution >= 4 is 11.8 Å². The number of carbonyl (C=O) groups is 2. The van der Waals surface area contributed by atoms with Gasteiger partial charge >= 0.3 is 0 Å². The summed E-state index contributed by atoms with van der Waals surface area (Å²) in [6.45, 7) is 6.71. The van der Waals surface area contributed by atoms with Gasteiger partial charge in [-0.05, 0) is 37.5 Å². The summed E-state index contributed by atoms with van der Waals surface area (Å²) >= 11 is 0. The first-order chi connectivity index (χ1) is 12.4. The first kappa shape index (κ1) is 18.2. The van der Waals surface area contributed by atoms with Crippen LogP contribution in [-0.4, -0.2) is 52.4 Å². The lowest BCUT2D eigenvalue weighted by atomic mass is 10.0. The smallest absolute Gasteiger partial charge is 0.255 e. The van der Waals surface area contributed by atoms with Crippen LogP contribution in [0.1, 0.15) is 33.5 Å². The number of benzene rings is 1. The van der Waals surface area contributed by atoms with Crippen molar-refractivity contribution in [2.75, 3.05) is 26.2 Å². The van der Waals surface area contributed by atoms with Gasteiger partial charge in [0.05, 0.1) is 12.0 Å². The molecule has 0 atom stereocenters. The normalized spacial score (nSPS) is 15.0. The molecule has 0 saturated carbocycles. The van der Waals surface area contributed by atoms with E-state index in [1.807, 2.05) is 45.9 Å². The third-order valence-electron chi connectivity index (χ3n) is 5.05. The van der Waals surface area contributed by atoms with Crippen LogP contribution < -0.4 is 0 Å². The van der Waals surface area contributed by atoms with E-state index in [1.54, 1.807) is 0 Å². The summed E-state index contributed by atoms with van der Waals surface area (Å²) in [4.78, 5) is 29.1. The Morgan fingerprint density at radius 3 is 2.42 bits per heavy atom. The van der Waals surface area contributed by atoms with Crippen molar-refractivity contribution in [3.05, 3.63) is 58.9 Å². The molecule has 5 heteroatoms. The average Bonchev–Trinajstić information content (AvgIpc) is 2.89. The molecular formula is C21H27N3O2. The van der Waals surface area contributed by atoms with Crippen molar-refractivity contribution in [1.29, 1.82) is 0 Å². The van der Waals surface area contributed by atoms with Gasteiger partial charge in [0.15, 0.2) is 0 Å². The fourth-order valence-corrected chi connectivity index (χ4v) is 3.50. The summed E-state index contributed by atoms with van der Waals surface area (Å²) in [6.07, 6.45) is 4.97. The molecule has 1 aliphatic heterocycles. The Labute approximate surface area is 155 Å². The van der Waals surface area contributed by atoms with Gasteiger partial charge in [0.1, 0.15) is 0 Å². The maximum absolute atomic E-state index is 12.7. The zero-order chi connectivity index (χ0) is 18.7. The van der Waals surface area contributed by atoms with Crippen molar-refractivity contribution in [3.8, 4) is 0 Å². The van der Waals surface area contributed by atoms with Crippen LogP contribution in [0.4, 0.5) is 0 Å². The molecule has 1 aromatic carbocycles. The maximum Gasteiger partial charge on any atom is 0.255 e. The van der Waals surface area contributed by atoms with E-state index in [0.29, 0.717) is 38.2 Å². The standard InChI is InChI=1S/C21H27N3O2/c1-16-5-6-18(17(2)13-16)14-20(25)23-8-4-9-24(12-11-23)21(26)19-7-10-22(3)15-19/h5-7,10,13,15H,4,8-9,11-12,14H2,1-3H3. The van der Waals surface area contributed by atoms with Crippen LogP contribution in [0.2, 0.25) is 0 Å². The Hall–Kier alpha value is -2.56. The van der Waals surface area contributed by atoms with Gasteiger partial charge < -0.3 is 14.4 Å². The third-order valence-corrected chi connectivity index (χ3v) is 5.05. The van der Waals surface area contributed by atoms with Crippen LogP contribution in [0.15, 0.2) is 36.7 Å². The molecule has 0 unspecified atom stereocenters. The largest absolute Gasteiger partial charge is 0.356 e. The molecule has 1 fully saturated rings. The van der Waals surface area contributed by atoms with Crippen molar-refractivity contribution < 1.29 is 9.59 Å². The molecule has 26 heavy (non-hydrogen) atoms. The molecule has 2 heterocycles. The molecule has 2 aromatic rings. The average molecular weight is 353 g/mol. The zero-order valence-electron chi connectivity index (χ0n) is 15.9. The minimum absolute atomic E-state index is 0.0503. The summed E-state index contributed by atoms with van der Waals surface area (Å²) in [6, 6.07) is 8.06. The van der Waals surface area contributed by atoms with Gasteiger partial charge in [-0.15, -0.1) is 0 Å². The molecule has 0 N–H and O–H groups in total. The SMILES string of the molecule is Cc1ccc(CC(=O)N2CCCN(C(=O)c3ccn(C)c3)CC2)c(C)c1. The summed E-state index contributed by atoms with van der Waals surface area (Å²) in [5, 5.41) is 0. The van der Waals surface area contributed by atoms with Crippen molar-refractivity contribution in [3.63, 3.8) is 0 Å². The lowest BCUT2D eigenvalue weighted by Gasteiger charge is -2.22. The fourth-order valence-electron chi connectivity index (χ4n) is 3.50. The molecule has 0 radical (unpaired) electrons. The van der Waals surface area contributed by atoms with Crippen LogP contribution in [0.5, 0.6) is 0 Å². The van der Waals surface area contributed by atoms with Crippen molar-refractivity contribution in [2.24, 2.45) is 7.05 Å². The summed E-state index contributed by atoms with van der Waals surface area (Å²) in [5.41, 5.74) is 4.17. The van der Waals surface area contributed by atoms with Gasteiger partial charge in [0, 0.05) is 45.6 Å². The summed E-state index contributed by atoms with van der Waals surface area (Å²) in [7, 11) is 1.91. The van der Waals surface area contributed by atoms with Crippen LogP contribution in [0.3, 0.4) is 0 Å². The van der Waals surface area contributed by atoms with Gasteiger partial charge in [-0.2, -0.15) is 0 Å². The highest BCUT2D eigenvalue weighted by Crippen LogP contribution is 2.14. The van der Waals surface area contributed by atoms with E-state index < -0.39 is 0 Å². The first-order valence-corrected chi connectivity index (χ1v) is 9.19. The van der Waals surface area contributed by atoms with E-state index in [9.17, 15) is 9.59 Å². The second-order valence-electron chi connectivity index (χ2n) is 7.20. The highest BCUT2D eigenvalue weighted by Gasteiger charge is 2.23. The molecule has 2 amide bonds. The molecule has 0 spiro atoms. The van der Waals surface area contributed by atoms with E-state index in [2.05, 4.69) is 26.0 Å². The molecule has 0 aliphatic carbocycles. The molecule has 5 nitrogen and oxygen atoms in total. The highest BCUT2D eigenvalue weighted by atomic mass is 16.2. The Kier molecular flexibility index (Phi) is 5.45. The number of aromatic nitrogens is 1. The molecule has 3 rings (SSSR count). The topological polar surface area (TPSA) is 45.6 Å². The molecular weight excluding hydrogens is 326 g/mol. The second-order valence-corrected chi connectivity index (χ2v) is 7.20. The van der Waals surface area contributed by atoms with Crippen LogP contribution in [0.25, 0.3) is 0 Å². The van der Waals surface area contributed by atoms with E-state index in [1.165, 1.54) is 5.56 Å². The maximum atomic E-state index is 12.7. The fraction of sp³-hybridized carbons (Fsp3) is 0.429. The van der Waals surface area contributed by atoms with Gasteiger partial charge in [-0.25, -0.2) is 0 Å². The number of hydrogen-bond donors (Lipinski definition) is 0. The molecule has 0 bridgehead atoms. The zero-order valence-corrected chi connectivity index (χ0v) is 15.9. The number of rotatable bonds is 3. The predicted molar refractivity (Wildman–Crippen MR) is 102 cm³/mol. The Balaban J connectivity index is 1.61. The Bertz CT molecular complexity index is 809. The van der Waals surface area contributed by atoms with Crippen LogP contribution in [-0.2, 0) is 18.3 Å². The lowest BCUT2D eigenvalue weighted by Crippen LogP contribution is -2.38. The van der Waals surface area contributed by atoms with Gasteiger partial charge in [-0.3, -0.25) is 9.59 Å². The van der Waals surface area contributed by atoms with E-state index >= 15 is 0 Å².